The molecule has 0 atom stereocenters. The molecule has 0 radical (unpaired) electrons. The third-order valence-corrected chi connectivity index (χ3v) is 3.04. The van der Waals surface area contributed by atoms with Crippen LogP contribution in [0.2, 0.25) is 5.02 Å². The van der Waals surface area contributed by atoms with E-state index in [0.29, 0.717) is 5.02 Å². The predicted molar refractivity (Wildman–Crippen MR) is 76.8 cm³/mol. The van der Waals surface area contributed by atoms with Gasteiger partial charge >= 0.3 is 0 Å². The van der Waals surface area contributed by atoms with Crippen molar-refractivity contribution in [2.45, 2.75) is 13.5 Å². The molecule has 2 N–H and O–H groups in total. The maximum absolute atomic E-state index is 6.17. The number of nitrogens with zero attached hydrogens (tertiary/aromatic N) is 2. The Morgan fingerprint density at radius 3 is 2.78 bits per heavy atom. The molecule has 18 heavy (non-hydrogen) atoms. The number of halogens is 1. The van der Waals surface area contributed by atoms with Crippen LogP contribution in [0.5, 0.6) is 0 Å². The Hall–Kier alpha value is -1.74. The molecule has 0 aliphatic carbocycles. The average Bonchev–Trinajstić information content (AvgIpc) is 2.37. The van der Waals surface area contributed by atoms with Crippen molar-refractivity contribution in [2.24, 2.45) is 0 Å². The van der Waals surface area contributed by atoms with Gasteiger partial charge in [0.2, 0.25) is 0 Å². The first-order valence-corrected chi connectivity index (χ1v) is 6.28. The summed E-state index contributed by atoms with van der Waals surface area (Å²) in [6.07, 6.45) is 1.75. The summed E-state index contributed by atoms with van der Waals surface area (Å²) in [6.45, 7) is 3.67. The third-order valence-electron chi connectivity index (χ3n) is 2.74. The molecule has 0 aliphatic heterocycles. The topological polar surface area (TPSA) is 42.1 Å². The van der Waals surface area contributed by atoms with Crippen LogP contribution in [0.15, 0.2) is 42.6 Å². The molecular formula is C14H16ClN3. The monoisotopic (exact) mass is 261 g/mol. The molecule has 0 spiro atoms. The van der Waals surface area contributed by atoms with E-state index in [1.54, 1.807) is 6.20 Å². The van der Waals surface area contributed by atoms with Crippen molar-refractivity contribution in [1.29, 1.82) is 0 Å². The lowest BCUT2D eigenvalue weighted by molar-refractivity contribution is 0.814. The molecule has 0 amide bonds. The van der Waals surface area contributed by atoms with Gasteiger partial charge in [-0.2, -0.15) is 0 Å². The number of aromatic nitrogens is 1. The summed E-state index contributed by atoms with van der Waals surface area (Å²) in [5.41, 5.74) is 7.71. The van der Waals surface area contributed by atoms with Crippen LogP contribution in [0.1, 0.15) is 12.5 Å². The van der Waals surface area contributed by atoms with Crippen LogP contribution in [-0.4, -0.2) is 11.5 Å². The molecule has 0 unspecified atom stereocenters. The largest absolute Gasteiger partial charge is 0.399 e. The molecule has 0 saturated carbocycles. The lowest BCUT2D eigenvalue weighted by atomic mass is 10.2. The van der Waals surface area contributed by atoms with Crippen molar-refractivity contribution in [3.8, 4) is 0 Å². The van der Waals surface area contributed by atoms with E-state index in [0.717, 1.165) is 30.2 Å². The number of anilines is 2. The van der Waals surface area contributed by atoms with Crippen LogP contribution < -0.4 is 10.6 Å². The van der Waals surface area contributed by atoms with Crippen molar-refractivity contribution in [2.75, 3.05) is 17.2 Å². The number of hydrogen-bond acceptors (Lipinski definition) is 3. The summed E-state index contributed by atoms with van der Waals surface area (Å²) in [5.74, 6) is 0.809. The van der Waals surface area contributed by atoms with Gasteiger partial charge in [0.1, 0.15) is 5.82 Å². The highest BCUT2D eigenvalue weighted by atomic mass is 35.5. The van der Waals surface area contributed by atoms with Gasteiger partial charge in [0.25, 0.3) is 0 Å². The Labute approximate surface area is 112 Å². The quantitative estimate of drug-likeness (QED) is 0.859. The van der Waals surface area contributed by atoms with Crippen molar-refractivity contribution >= 4 is 23.1 Å². The fraction of sp³-hybridized carbons (Fsp3) is 0.214. The summed E-state index contributed by atoms with van der Waals surface area (Å²) in [5, 5.41) is 0.670. The summed E-state index contributed by atoms with van der Waals surface area (Å²) in [7, 11) is 0. The number of hydrogen-bond donors (Lipinski definition) is 1. The molecule has 4 heteroatoms. The predicted octanol–water partition coefficient (Wildman–Crippen LogP) is 3.34. The van der Waals surface area contributed by atoms with E-state index in [4.69, 9.17) is 17.3 Å². The number of nitrogen functional groups attached to an aromatic ring is 1. The van der Waals surface area contributed by atoms with Gasteiger partial charge in [-0.1, -0.05) is 23.7 Å². The first-order valence-electron chi connectivity index (χ1n) is 5.90. The van der Waals surface area contributed by atoms with E-state index in [9.17, 15) is 0 Å². The van der Waals surface area contributed by atoms with Gasteiger partial charge < -0.3 is 10.6 Å². The summed E-state index contributed by atoms with van der Waals surface area (Å²) in [4.78, 5) is 6.45. The molecule has 0 saturated heterocycles. The second kappa shape index (κ2) is 5.74. The first kappa shape index (κ1) is 12.7. The zero-order valence-electron chi connectivity index (χ0n) is 10.3. The highest BCUT2D eigenvalue weighted by molar-refractivity contribution is 6.32. The fourth-order valence-corrected chi connectivity index (χ4v) is 2.10. The highest BCUT2D eigenvalue weighted by Crippen LogP contribution is 2.24. The van der Waals surface area contributed by atoms with E-state index >= 15 is 0 Å². The lowest BCUT2D eigenvalue weighted by Gasteiger charge is -2.23. The highest BCUT2D eigenvalue weighted by Gasteiger charge is 2.10. The van der Waals surface area contributed by atoms with Crippen molar-refractivity contribution in [3.63, 3.8) is 0 Å². The normalized spacial score (nSPS) is 10.3. The van der Waals surface area contributed by atoms with Crippen LogP contribution in [-0.2, 0) is 6.54 Å². The van der Waals surface area contributed by atoms with Crippen LogP contribution in [0, 0.1) is 0 Å². The zero-order valence-corrected chi connectivity index (χ0v) is 11.1. The smallest absolute Gasteiger partial charge is 0.147 e. The molecule has 1 heterocycles. The molecule has 1 aromatic carbocycles. The Bertz CT molecular complexity index is 528. The van der Waals surface area contributed by atoms with Gasteiger partial charge in [-0.25, -0.2) is 4.98 Å². The Kier molecular flexibility index (Phi) is 4.05. The van der Waals surface area contributed by atoms with E-state index < -0.39 is 0 Å². The SMILES string of the molecule is CCN(Cc1cccc(N)c1)c1ncccc1Cl. The molecule has 2 rings (SSSR count). The minimum absolute atomic E-state index is 0.670. The number of rotatable bonds is 4. The van der Waals surface area contributed by atoms with Gasteiger partial charge in [0.15, 0.2) is 0 Å². The van der Waals surface area contributed by atoms with E-state index in [1.807, 2.05) is 30.3 Å². The fourth-order valence-electron chi connectivity index (χ4n) is 1.86. The van der Waals surface area contributed by atoms with E-state index in [2.05, 4.69) is 22.9 Å². The standard InChI is InChI=1S/C14H16ClN3/c1-2-18(14-13(15)7-4-8-17-14)10-11-5-3-6-12(16)9-11/h3-9H,2,10,16H2,1H3. The van der Waals surface area contributed by atoms with E-state index in [1.165, 1.54) is 0 Å². The van der Waals surface area contributed by atoms with Crippen LogP contribution in [0.3, 0.4) is 0 Å². The number of nitrogens with two attached hydrogens (primary N) is 1. The lowest BCUT2D eigenvalue weighted by Crippen LogP contribution is -2.23. The van der Waals surface area contributed by atoms with Gasteiger partial charge in [-0.15, -0.1) is 0 Å². The molecule has 3 nitrogen and oxygen atoms in total. The van der Waals surface area contributed by atoms with Crippen molar-refractivity contribution in [3.05, 3.63) is 53.2 Å². The van der Waals surface area contributed by atoms with Gasteiger partial charge in [0, 0.05) is 25.0 Å². The summed E-state index contributed by atoms with van der Waals surface area (Å²) >= 11 is 6.17. The molecule has 1 aromatic heterocycles. The maximum Gasteiger partial charge on any atom is 0.147 e. The second-order valence-corrected chi connectivity index (χ2v) is 4.48. The van der Waals surface area contributed by atoms with Crippen LogP contribution >= 0.6 is 11.6 Å². The maximum atomic E-state index is 6.17. The second-order valence-electron chi connectivity index (χ2n) is 4.07. The van der Waals surface area contributed by atoms with Crippen LogP contribution in [0.4, 0.5) is 11.5 Å². The Morgan fingerprint density at radius 1 is 1.28 bits per heavy atom. The molecule has 0 aliphatic rings. The zero-order chi connectivity index (χ0) is 13.0. The molecule has 2 aromatic rings. The molecule has 0 fully saturated rings. The first-order chi connectivity index (χ1) is 8.70. The molecular weight excluding hydrogens is 246 g/mol. The van der Waals surface area contributed by atoms with Gasteiger partial charge in [-0.05, 0) is 36.8 Å². The Balaban J connectivity index is 2.23. The number of pyridine rings is 1. The van der Waals surface area contributed by atoms with Gasteiger partial charge in [-0.3, -0.25) is 0 Å². The van der Waals surface area contributed by atoms with Crippen molar-refractivity contribution < 1.29 is 0 Å². The van der Waals surface area contributed by atoms with Gasteiger partial charge in [0.05, 0.1) is 5.02 Å². The average molecular weight is 262 g/mol. The molecule has 94 valence electrons. The summed E-state index contributed by atoms with van der Waals surface area (Å²) < 4.78 is 0. The summed E-state index contributed by atoms with van der Waals surface area (Å²) in [6, 6.07) is 11.5. The number of benzene rings is 1. The van der Waals surface area contributed by atoms with Crippen LogP contribution in [0.25, 0.3) is 0 Å². The molecule has 0 bridgehead atoms. The third kappa shape index (κ3) is 2.93. The van der Waals surface area contributed by atoms with E-state index in [-0.39, 0.29) is 0 Å². The minimum Gasteiger partial charge on any atom is -0.399 e. The minimum atomic E-state index is 0.670. The van der Waals surface area contributed by atoms with Crippen molar-refractivity contribution in [1.82, 2.24) is 4.98 Å². The Morgan fingerprint density at radius 2 is 2.11 bits per heavy atom.